The van der Waals surface area contributed by atoms with E-state index in [0.717, 1.165) is 5.56 Å². The van der Waals surface area contributed by atoms with Crippen molar-refractivity contribution >= 4 is 11.6 Å². The van der Waals surface area contributed by atoms with Crippen molar-refractivity contribution in [3.63, 3.8) is 0 Å². The zero-order valence-electron chi connectivity index (χ0n) is 13.2. The van der Waals surface area contributed by atoms with Crippen LogP contribution in [-0.2, 0) is 10.2 Å². The number of nitrogens with zero attached hydrogens (tertiary/aromatic N) is 1. The molecule has 1 amide bonds. The Labute approximate surface area is 130 Å². The van der Waals surface area contributed by atoms with Gasteiger partial charge < -0.3 is 20.1 Å². The van der Waals surface area contributed by atoms with Crippen LogP contribution in [0.15, 0.2) is 24.4 Å². The Bertz CT molecular complexity index is 666. The van der Waals surface area contributed by atoms with Crippen molar-refractivity contribution < 1.29 is 14.6 Å². The number of anilines is 1. The predicted octanol–water partition coefficient (Wildman–Crippen LogP) is 1.70. The van der Waals surface area contributed by atoms with Crippen molar-refractivity contribution in [1.29, 1.82) is 0 Å². The van der Waals surface area contributed by atoms with E-state index in [0.29, 0.717) is 17.0 Å². The Morgan fingerprint density at radius 1 is 1.41 bits per heavy atom. The van der Waals surface area contributed by atoms with Gasteiger partial charge in [-0.15, -0.1) is 6.42 Å². The maximum atomic E-state index is 11.3. The number of ether oxygens (including phenoxy) is 1. The topological polar surface area (TPSA) is 61.8 Å². The van der Waals surface area contributed by atoms with Gasteiger partial charge in [0.2, 0.25) is 12.3 Å². The molecule has 2 rings (SSSR count). The minimum Gasteiger partial charge on any atom is -0.495 e. The Kier molecular flexibility index (Phi) is 4.16. The van der Waals surface area contributed by atoms with E-state index in [9.17, 15) is 9.90 Å². The molecule has 1 aromatic rings. The van der Waals surface area contributed by atoms with Crippen molar-refractivity contribution in [2.45, 2.75) is 32.5 Å². The van der Waals surface area contributed by atoms with Gasteiger partial charge in [0.15, 0.2) is 0 Å². The second-order valence-electron chi connectivity index (χ2n) is 6.07. The van der Waals surface area contributed by atoms with Crippen LogP contribution in [0.4, 0.5) is 5.69 Å². The highest BCUT2D eigenvalue weighted by atomic mass is 16.5. The summed E-state index contributed by atoms with van der Waals surface area (Å²) in [5, 5.41) is 12.5. The van der Waals surface area contributed by atoms with Crippen LogP contribution in [0.25, 0.3) is 0 Å². The van der Waals surface area contributed by atoms with Crippen LogP contribution in [0, 0.1) is 12.3 Å². The first-order valence-electron chi connectivity index (χ1n) is 6.92. The van der Waals surface area contributed by atoms with Gasteiger partial charge in [-0.25, -0.2) is 0 Å². The van der Waals surface area contributed by atoms with Crippen LogP contribution >= 0.6 is 0 Å². The molecule has 0 saturated carbocycles. The third kappa shape index (κ3) is 2.92. The minimum atomic E-state index is -1.13. The van der Waals surface area contributed by atoms with Gasteiger partial charge in [0.1, 0.15) is 5.75 Å². The van der Waals surface area contributed by atoms with Crippen LogP contribution in [0.1, 0.15) is 31.9 Å². The quantitative estimate of drug-likeness (QED) is 0.816. The molecule has 1 heterocycles. The zero-order valence-corrected chi connectivity index (χ0v) is 13.2. The number of rotatable bonds is 2. The summed E-state index contributed by atoms with van der Waals surface area (Å²) in [5.74, 6) is 2.93. The summed E-state index contributed by atoms with van der Waals surface area (Å²) < 4.78 is 5.47. The van der Waals surface area contributed by atoms with Gasteiger partial charge in [-0.1, -0.05) is 26.7 Å². The SMILES string of the molecule is C#Cc1cc(N2C=CC(=O)NC2O)cc(C(C)(C)C)c1OC. The van der Waals surface area contributed by atoms with E-state index in [1.807, 2.05) is 6.07 Å². The molecule has 0 bridgehead atoms. The molecule has 1 unspecified atom stereocenters. The number of nitrogens with one attached hydrogen (secondary N) is 1. The molecule has 0 fully saturated rings. The number of benzene rings is 1. The molecular formula is C17H20N2O3. The summed E-state index contributed by atoms with van der Waals surface area (Å²) in [7, 11) is 1.58. The zero-order chi connectivity index (χ0) is 16.5. The molecule has 22 heavy (non-hydrogen) atoms. The van der Waals surface area contributed by atoms with E-state index in [4.69, 9.17) is 11.2 Å². The van der Waals surface area contributed by atoms with Crippen molar-refractivity contribution in [1.82, 2.24) is 5.32 Å². The maximum Gasteiger partial charge on any atom is 0.248 e. The summed E-state index contributed by atoms with van der Waals surface area (Å²) in [6, 6.07) is 3.66. The second kappa shape index (κ2) is 5.74. The Hall–Kier alpha value is -2.45. The lowest BCUT2D eigenvalue weighted by Gasteiger charge is -2.32. The number of methoxy groups -OCH3 is 1. The van der Waals surface area contributed by atoms with Crippen molar-refractivity contribution in [2.24, 2.45) is 0 Å². The minimum absolute atomic E-state index is 0.194. The van der Waals surface area contributed by atoms with Gasteiger partial charge in [0.25, 0.3) is 0 Å². The summed E-state index contributed by atoms with van der Waals surface area (Å²) in [4.78, 5) is 12.8. The van der Waals surface area contributed by atoms with E-state index in [1.165, 1.54) is 17.2 Å². The molecule has 1 aliphatic heterocycles. The fourth-order valence-electron chi connectivity index (χ4n) is 2.35. The molecule has 5 nitrogen and oxygen atoms in total. The number of carbonyl (C=O) groups is 1. The van der Waals surface area contributed by atoms with Gasteiger partial charge in [-0.2, -0.15) is 0 Å². The van der Waals surface area contributed by atoms with Gasteiger partial charge in [0.05, 0.1) is 12.7 Å². The number of aliphatic hydroxyl groups is 1. The average molecular weight is 300 g/mol. The molecule has 0 aliphatic carbocycles. The van der Waals surface area contributed by atoms with Gasteiger partial charge >= 0.3 is 0 Å². The summed E-state index contributed by atoms with van der Waals surface area (Å²) >= 11 is 0. The summed E-state index contributed by atoms with van der Waals surface area (Å²) in [6.07, 6.45) is 7.34. The lowest BCUT2D eigenvalue weighted by molar-refractivity contribution is -0.119. The number of hydrogen-bond acceptors (Lipinski definition) is 4. The lowest BCUT2D eigenvalue weighted by atomic mass is 9.84. The second-order valence-corrected chi connectivity index (χ2v) is 6.07. The Balaban J connectivity index is 2.61. The largest absolute Gasteiger partial charge is 0.495 e. The number of amides is 1. The van der Waals surface area contributed by atoms with E-state index < -0.39 is 6.35 Å². The first-order valence-corrected chi connectivity index (χ1v) is 6.92. The monoisotopic (exact) mass is 300 g/mol. The fourth-order valence-corrected chi connectivity index (χ4v) is 2.35. The Morgan fingerprint density at radius 3 is 2.59 bits per heavy atom. The van der Waals surface area contributed by atoms with E-state index in [1.54, 1.807) is 13.2 Å². The van der Waals surface area contributed by atoms with Crippen molar-refractivity contribution in [3.05, 3.63) is 35.5 Å². The molecule has 0 spiro atoms. The first kappa shape index (κ1) is 15.9. The number of aliphatic hydroxyl groups excluding tert-OH is 1. The van der Waals surface area contributed by atoms with E-state index >= 15 is 0 Å². The number of carbonyl (C=O) groups excluding carboxylic acids is 1. The lowest BCUT2D eigenvalue weighted by Crippen LogP contribution is -2.48. The Morgan fingerprint density at radius 2 is 2.09 bits per heavy atom. The highest BCUT2D eigenvalue weighted by molar-refractivity contribution is 5.89. The fraction of sp³-hybridized carbons (Fsp3) is 0.353. The van der Waals surface area contributed by atoms with Crippen LogP contribution < -0.4 is 15.0 Å². The van der Waals surface area contributed by atoms with Gasteiger partial charge in [-0.3, -0.25) is 4.79 Å². The molecular weight excluding hydrogens is 280 g/mol. The van der Waals surface area contributed by atoms with Crippen LogP contribution in [-0.4, -0.2) is 24.5 Å². The molecule has 1 aromatic carbocycles. The van der Waals surface area contributed by atoms with Gasteiger partial charge in [-0.05, 0) is 17.5 Å². The highest BCUT2D eigenvalue weighted by Crippen LogP contribution is 2.37. The number of hydrogen-bond donors (Lipinski definition) is 2. The standard InChI is InChI=1S/C17H20N2O3/c1-6-11-9-12(19-8-7-14(20)18-16(19)21)10-13(15(11)22-5)17(2,3)4/h1,7-10,16,21H,2-5H3,(H,18,20). The van der Waals surface area contributed by atoms with Crippen LogP contribution in [0.5, 0.6) is 5.75 Å². The first-order chi connectivity index (χ1) is 10.3. The summed E-state index contributed by atoms with van der Waals surface area (Å²) in [6.45, 7) is 6.16. The summed E-state index contributed by atoms with van der Waals surface area (Å²) in [5.41, 5.74) is 2.02. The molecule has 1 atom stereocenters. The smallest absolute Gasteiger partial charge is 0.248 e. The molecule has 0 aromatic heterocycles. The molecule has 0 radical (unpaired) electrons. The third-order valence-corrected chi connectivity index (χ3v) is 3.46. The third-order valence-electron chi connectivity index (χ3n) is 3.46. The molecule has 2 N–H and O–H groups in total. The normalized spacial score (nSPS) is 17.9. The molecule has 0 saturated heterocycles. The van der Waals surface area contributed by atoms with E-state index in [2.05, 4.69) is 32.0 Å². The van der Waals surface area contributed by atoms with Crippen molar-refractivity contribution in [2.75, 3.05) is 12.0 Å². The number of terminal acetylenes is 1. The van der Waals surface area contributed by atoms with Crippen LogP contribution in [0.2, 0.25) is 0 Å². The molecule has 116 valence electrons. The van der Waals surface area contributed by atoms with Crippen molar-refractivity contribution in [3.8, 4) is 18.1 Å². The van der Waals surface area contributed by atoms with E-state index in [-0.39, 0.29) is 11.3 Å². The van der Waals surface area contributed by atoms with Gasteiger partial charge in [0, 0.05) is 23.5 Å². The highest BCUT2D eigenvalue weighted by Gasteiger charge is 2.26. The average Bonchev–Trinajstić information content (AvgIpc) is 2.44. The molecule has 5 heteroatoms. The predicted molar refractivity (Wildman–Crippen MR) is 85.4 cm³/mol. The van der Waals surface area contributed by atoms with Crippen LogP contribution in [0.3, 0.4) is 0 Å². The molecule has 1 aliphatic rings. The maximum absolute atomic E-state index is 11.3.